The van der Waals surface area contributed by atoms with Gasteiger partial charge in [0.25, 0.3) is 0 Å². The summed E-state index contributed by atoms with van der Waals surface area (Å²) < 4.78 is 19.8. The molecule has 0 bridgehead atoms. The predicted octanol–water partition coefficient (Wildman–Crippen LogP) is 15.7. The quantitative estimate of drug-likeness (QED) is 0.0240. The number of unbranched alkanes of at least 4 members (excludes halogenated alkanes) is 5. The summed E-state index contributed by atoms with van der Waals surface area (Å²) in [5.41, 5.74) is 3.72. The van der Waals surface area contributed by atoms with Crippen molar-refractivity contribution >= 4 is 88.6 Å². The van der Waals surface area contributed by atoms with Crippen LogP contribution in [-0.4, -0.2) is 59.0 Å². The van der Waals surface area contributed by atoms with Crippen LogP contribution in [0.1, 0.15) is 141 Å². The van der Waals surface area contributed by atoms with E-state index in [2.05, 4.69) is 121 Å². The smallest absolute Gasteiger partial charge is 0.322 e. The maximum Gasteiger partial charge on any atom is 0.322 e. The van der Waals surface area contributed by atoms with Crippen molar-refractivity contribution in [2.24, 2.45) is 10.8 Å². The molecule has 0 aliphatic heterocycles. The molecular formula is C58H80Br4O8. The third kappa shape index (κ3) is 28.1. The highest BCUT2D eigenvalue weighted by Gasteiger charge is 2.43. The van der Waals surface area contributed by atoms with Crippen LogP contribution < -0.4 is 0 Å². The van der Waals surface area contributed by atoms with Crippen LogP contribution in [0.25, 0.3) is 0 Å². The second-order valence-corrected chi connectivity index (χ2v) is 23.3. The SMILES string of the molecule is Br.BrCc1ccccc1.CC(C)(CC(C)(Br)C(=O)OCCCCc1ccccc1)C(=O)OCCCCCc1ccccc1.CCCOC(=O)C(C)(Br)CC(C)(C)C(=O)OCCCCCc1ccccc1. The van der Waals surface area contributed by atoms with Gasteiger partial charge in [-0.3, -0.25) is 19.2 Å². The highest BCUT2D eigenvalue weighted by Crippen LogP contribution is 2.37. The maximum absolute atomic E-state index is 12.7. The molecule has 0 aliphatic rings. The Bertz CT molecular complexity index is 2010. The van der Waals surface area contributed by atoms with Crippen LogP contribution in [0.15, 0.2) is 121 Å². The van der Waals surface area contributed by atoms with E-state index in [4.69, 9.17) is 18.9 Å². The molecule has 0 N–H and O–H groups in total. The van der Waals surface area contributed by atoms with Gasteiger partial charge in [-0.15, -0.1) is 17.0 Å². The number of carbonyl (C=O) groups excluding carboxylic acids is 4. The van der Waals surface area contributed by atoms with Crippen LogP contribution in [-0.2, 0) is 62.7 Å². The van der Waals surface area contributed by atoms with Crippen molar-refractivity contribution in [3.05, 3.63) is 144 Å². The van der Waals surface area contributed by atoms with Crippen molar-refractivity contribution in [2.45, 2.75) is 152 Å². The maximum atomic E-state index is 12.7. The van der Waals surface area contributed by atoms with Crippen LogP contribution in [0.4, 0.5) is 0 Å². The van der Waals surface area contributed by atoms with Gasteiger partial charge in [0.15, 0.2) is 0 Å². The Morgan fingerprint density at radius 1 is 0.400 bits per heavy atom. The molecule has 0 fully saturated rings. The molecule has 4 aromatic carbocycles. The van der Waals surface area contributed by atoms with E-state index in [9.17, 15) is 19.2 Å². The van der Waals surface area contributed by atoms with Gasteiger partial charge >= 0.3 is 23.9 Å². The van der Waals surface area contributed by atoms with Crippen LogP contribution in [0.5, 0.6) is 0 Å². The summed E-state index contributed by atoms with van der Waals surface area (Å²) in [6, 6.07) is 41.3. The lowest BCUT2D eigenvalue weighted by Gasteiger charge is -2.30. The Morgan fingerprint density at radius 3 is 0.971 bits per heavy atom. The zero-order valence-electron chi connectivity index (χ0n) is 42.8. The zero-order chi connectivity index (χ0) is 51.0. The molecule has 0 aromatic heterocycles. The number of hydrogen-bond donors (Lipinski definition) is 0. The summed E-state index contributed by atoms with van der Waals surface area (Å²) >= 11 is 10.3. The van der Waals surface area contributed by atoms with E-state index in [1.165, 1.54) is 22.3 Å². The van der Waals surface area contributed by atoms with E-state index in [0.29, 0.717) is 39.3 Å². The Kier molecular flexibility index (Phi) is 33.0. The largest absolute Gasteiger partial charge is 0.465 e. The summed E-state index contributed by atoms with van der Waals surface area (Å²) in [5, 5.41) is 0.952. The van der Waals surface area contributed by atoms with Gasteiger partial charge in [0, 0.05) is 5.33 Å². The number of alkyl halides is 3. The highest BCUT2D eigenvalue weighted by molar-refractivity contribution is 9.10. The van der Waals surface area contributed by atoms with Gasteiger partial charge in [-0.1, -0.05) is 176 Å². The summed E-state index contributed by atoms with van der Waals surface area (Å²) in [6.45, 7) is 14.3. The fourth-order valence-corrected chi connectivity index (χ4v) is 9.48. The van der Waals surface area contributed by atoms with Gasteiger partial charge in [0.05, 0.1) is 37.3 Å². The van der Waals surface area contributed by atoms with E-state index in [-0.39, 0.29) is 40.9 Å². The van der Waals surface area contributed by atoms with Gasteiger partial charge in [-0.25, -0.2) is 0 Å². The lowest BCUT2D eigenvalue weighted by molar-refractivity contribution is -0.157. The van der Waals surface area contributed by atoms with Crippen molar-refractivity contribution in [1.82, 2.24) is 0 Å². The number of halogens is 4. The summed E-state index contributed by atoms with van der Waals surface area (Å²) in [5.74, 6) is -1.24. The van der Waals surface area contributed by atoms with Gasteiger partial charge in [-0.2, -0.15) is 0 Å². The minimum Gasteiger partial charge on any atom is -0.465 e. The first-order chi connectivity index (χ1) is 32.8. The monoisotopic (exact) mass is 1220 g/mol. The number of hydrogen-bond acceptors (Lipinski definition) is 8. The molecule has 70 heavy (non-hydrogen) atoms. The molecule has 8 nitrogen and oxygen atoms in total. The Hall–Kier alpha value is -3.32. The average molecular weight is 1220 g/mol. The van der Waals surface area contributed by atoms with Crippen molar-refractivity contribution in [1.29, 1.82) is 0 Å². The molecule has 0 heterocycles. The summed E-state index contributed by atoms with van der Waals surface area (Å²) in [4.78, 5) is 49.9. The Balaban J connectivity index is 0.000000605. The Morgan fingerprint density at radius 2 is 0.671 bits per heavy atom. The second-order valence-electron chi connectivity index (χ2n) is 19.2. The van der Waals surface area contributed by atoms with Gasteiger partial charge in [-0.05, 0) is 154 Å². The van der Waals surface area contributed by atoms with Crippen molar-refractivity contribution in [2.75, 3.05) is 26.4 Å². The van der Waals surface area contributed by atoms with Gasteiger partial charge in [0.1, 0.15) is 8.65 Å². The standard InChI is InChI=1S/C29H39BrO4.C22H33BrO4.C7H7Br.BrH/c1-28(2,26(31)33-21-13-6-11-19-24-15-7-4-8-16-24)23-29(3,30)27(32)34-22-14-12-20-25-17-9-5-10-18-25;1-5-15-26-20(25)22(4,23)17-21(2,3)19(24)27-16-11-7-10-14-18-12-8-6-9-13-18;8-6-7-4-2-1-3-5-7;/h4-5,7-10,15-18H,6,11-14,19-23H2,1-3H3;6,8-9,12-13H,5,7,10-11,14-17H2,1-4H3;1-5H,6H2;1H. The van der Waals surface area contributed by atoms with E-state index in [1.807, 2.05) is 69.3 Å². The number of benzene rings is 4. The molecule has 2 atom stereocenters. The van der Waals surface area contributed by atoms with Crippen LogP contribution in [0.2, 0.25) is 0 Å². The molecule has 0 saturated carbocycles. The molecule has 0 amide bonds. The minimum atomic E-state index is -0.940. The number of rotatable bonds is 28. The molecule has 0 aliphatic carbocycles. The van der Waals surface area contributed by atoms with E-state index in [1.54, 1.807) is 27.7 Å². The first-order valence-electron chi connectivity index (χ1n) is 24.6. The number of ether oxygens (including phenoxy) is 4. The summed E-state index contributed by atoms with van der Waals surface area (Å²) in [7, 11) is 0. The molecule has 0 spiro atoms. The van der Waals surface area contributed by atoms with E-state index < -0.39 is 19.5 Å². The van der Waals surface area contributed by atoms with Crippen molar-refractivity contribution in [3.8, 4) is 0 Å². The number of esters is 4. The molecular weight excluding hydrogens is 1140 g/mol. The number of carbonyl (C=O) groups is 4. The molecule has 388 valence electrons. The van der Waals surface area contributed by atoms with Crippen LogP contribution in [0.3, 0.4) is 0 Å². The third-order valence-electron chi connectivity index (χ3n) is 11.2. The zero-order valence-corrected chi connectivity index (χ0v) is 49.3. The lowest BCUT2D eigenvalue weighted by Crippen LogP contribution is -2.39. The molecule has 4 aromatic rings. The van der Waals surface area contributed by atoms with Gasteiger partial charge in [0.2, 0.25) is 0 Å². The highest BCUT2D eigenvalue weighted by atomic mass is 79.9. The molecule has 0 saturated heterocycles. The third-order valence-corrected chi connectivity index (χ3v) is 13.1. The van der Waals surface area contributed by atoms with Crippen LogP contribution >= 0.6 is 64.8 Å². The predicted molar refractivity (Wildman–Crippen MR) is 302 cm³/mol. The second kappa shape index (κ2) is 35.7. The van der Waals surface area contributed by atoms with Crippen molar-refractivity contribution in [3.63, 3.8) is 0 Å². The molecule has 2 unspecified atom stereocenters. The first-order valence-corrected chi connectivity index (χ1v) is 27.3. The first kappa shape index (κ1) is 64.7. The average Bonchev–Trinajstić information content (AvgIpc) is 3.33. The van der Waals surface area contributed by atoms with E-state index >= 15 is 0 Å². The molecule has 12 heteroatoms. The normalized spacial score (nSPS) is 12.7. The Labute approximate surface area is 456 Å². The fourth-order valence-electron chi connectivity index (χ4n) is 7.48. The number of aryl methyl sites for hydroxylation is 3. The molecule has 4 rings (SSSR count). The molecule has 0 radical (unpaired) electrons. The van der Waals surface area contributed by atoms with Crippen molar-refractivity contribution < 1.29 is 38.1 Å². The van der Waals surface area contributed by atoms with Crippen LogP contribution in [0, 0.1) is 10.8 Å². The fraction of sp³-hybridized carbons (Fsp3) is 0.517. The summed E-state index contributed by atoms with van der Waals surface area (Å²) in [6.07, 6.45) is 12.1. The topological polar surface area (TPSA) is 105 Å². The van der Waals surface area contributed by atoms with E-state index in [0.717, 1.165) is 82.4 Å². The van der Waals surface area contributed by atoms with Gasteiger partial charge < -0.3 is 18.9 Å². The minimum absolute atomic E-state index is 0. The lowest BCUT2D eigenvalue weighted by atomic mass is 9.83.